The number of nitrogens with zero attached hydrogens (tertiary/aromatic N) is 5. The third kappa shape index (κ3) is 5.42. The monoisotopic (exact) mass is 550 g/mol. The van der Waals surface area contributed by atoms with Gasteiger partial charge in [-0.3, -0.25) is 14.4 Å². The standard InChI is InChI=1S/C24H22ClF3N6O4/c1-32-18(16-5-6-19(38-2)31-20(16)24(26,27)28)12-29-21(32)22(36)30-14-3-4-15(17(25)11-14)23(37)34-9-7-33(13-35)8-10-34/h3-6,11-13H,7-10H2,1-2H3,(H,30,36). The van der Waals surface area contributed by atoms with Crippen molar-refractivity contribution in [2.24, 2.45) is 7.05 Å². The van der Waals surface area contributed by atoms with Crippen molar-refractivity contribution < 1.29 is 32.3 Å². The van der Waals surface area contributed by atoms with Crippen LogP contribution in [-0.4, -0.2) is 75.8 Å². The maximum absolute atomic E-state index is 13.6. The van der Waals surface area contributed by atoms with Crippen LogP contribution in [0.15, 0.2) is 36.5 Å². The topological polar surface area (TPSA) is 110 Å². The number of amides is 3. The lowest BCUT2D eigenvalue weighted by atomic mass is 10.1. The first-order chi connectivity index (χ1) is 18.0. The fraction of sp³-hybridized carbons (Fsp3) is 0.292. The molecule has 0 spiro atoms. The molecule has 0 unspecified atom stereocenters. The Morgan fingerprint density at radius 1 is 1.13 bits per heavy atom. The van der Waals surface area contributed by atoms with E-state index in [2.05, 4.69) is 15.3 Å². The SMILES string of the molecule is COc1ccc(-c2cnc(C(=O)Nc3ccc(C(=O)N4CCN(C=O)CC4)c(Cl)c3)n2C)c(C(F)(F)F)n1. The number of carbonyl (C=O) groups excluding carboxylic acids is 3. The number of alkyl halides is 3. The predicted molar refractivity (Wildman–Crippen MR) is 131 cm³/mol. The Kier molecular flexibility index (Phi) is 7.58. The van der Waals surface area contributed by atoms with Crippen LogP contribution in [0, 0.1) is 0 Å². The highest BCUT2D eigenvalue weighted by Gasteiger charge is 2.37. The van der Waals surface area contributed by atoms with Crippen molar-refractivity contribution >= 4 is 35.5 Å². The summed E-state index contributed by atoms with van der Waals surface area (Å²) in [4.78, 5) is 47.3. The summed E-state index contributed by atoms with van der Waals surface area (Å²) in [5.74, 6) is -1.37. The number of aromatic nitrogens is 3. The Morgan fingerprint density at radius 3 is 2.45 bits per heavy atom. The smallest absolute Gasteiger partial charge is 0.434 e. The van der Waals surface area contributed by atoms with E-state index in [4.69, 9.17) is 16.3 Å². The minimum absolute atomic E-state index is 0.0197. The van der Waals surface area contributed by atoms with E-state index < -0.39 is 17.8 Å². The average molecular weight is 551 g/mol. The molecule has 14 heteroatoms. The summed E-state index contributed by atoms with van der Waals surface area (Å²) in [6.07, 6.45) is -2.89. The van der Waals surface area contributed by atoms with E-state index in [0.29, 0.717) is 26.2 Å². The number of nitrogens with one attached hydrogen (secondary N) is 1. The first-order valence-corrected chi connectivity index (χ1v) is 11.6. The van der Waals surface area contributed by atoms with Gasteiger partial charge >= 0.3 is 6.18 Å². The van der Waals surface area contributed by atoms with Gasteiger partial charge in [0.1, 0.15) is 0 Å². The van der Waals surface area contributed by atoms with Crippen molar-refractivity contribution in [3.05, 3.63) is 58.6 Å². The van der Waals surface area contributed by atoms with Crippen LogP contribution in [-0.2, 0) is 18.0 Å². The Balaban J connectivity index is 1.52. The van der Waals surface area contributed by atoms with Crippen molar-refractivity contribution in [2.75, 3.05) is 38.6 Å². The highest BCUT2D eigenvalue weighted by atomic mass is 35.5. The molecule has 3 aromatic rings. The van der Waals surface area contributed by atoms with Crippen LogP contribution in [0.5, 0.6) is 5.88 Å². The molecule has 4 rings (SSSR count). The van der Waals surface area contributed by atoms with E-state index in [1.807, 2.05) is 0 Å². The fourth-order valence-corrected chi connectivity index (χ4v) is 4.26. The molecule has 3 heterocycles. The van der Waals surface area contributed by atoms with Gasteiger partial charge in [-0.05, 0) is 24.3 Å². The molecule has 0 radical (unpaired) electrons. The molecule has 3 amide bonds. The number of hydrogen-bond donors (Lipinski definition) is 1. The van der Waals surface area contributed by atoms with E-state index in [-0.39, 0.29) is 45.1 Å². The Morgan fingerprint density at radius 2 is 1.84 bits per heavy atom. The number of hydrogen-bond acceptors (Lipinski definition) is 6. The van der Waals surface area contributed by atoms with Crippen molar-refractivity contribution in [1.29, 1.82) is 0 Å². The lowest BCUT2D eigenvalue weighted by molar-refractivity contribution is -0.140. The number of rotatable bonds is 6. The quantitative estimate of drug-likeness (QED) is 0.472. The Labute approximate surface area is 220 Å². The van der Waals surface area contributed by atoms with Crippen molar-refractivity contribution in [2.45, 2.75) is 6.18 Å². The molecule has 1 aromatic carbocycles. The van der Waals surface area contributed by atoms with Gasteiger partial charge < -0.3 is 24.4 Å². The number of pyridine rings is 1. The van der Waals surface area contributed by atoms with Gasteiger partial charge in [0.15, 0.2) is 11.5 Å². The molecule has 0 aliphatic carbocycles. The average Bonchev–Trinajstić information content (AvgIpc) is 3.28. The van der Waals surface area contributed by atoms with Crippen LogP contribution in [0.3, 0.4) is 0 Å². The first-order valence-electron chi connectivity index (χ1n) is 11.3. The molecule has 1 aliphatic heterocycles. The second-order valence-electron chi connectivity index (χ2n) is 8.36. The summed E-state index contributed by atoms with van der Waals surface area (Å²) < 4.78 is 46.9. The summed E-state index contributed by atoms with van der Waals surface area (Å²) in [7, 11) is 2.61. The third-order valence-electron chi connectivity index (χ3n) is 6.02. The van der Waals surface area contributed by atoms with Gasteiger partial charge in [0.25, 0.3) is 11.8 Å². The lowest BCUT2D eigenvalue weighted by Crippen LogP contribution is -2.48. The van der Waals surface area contributed by atoms with Crippen molar-refractivity contribution in [3.63, 3.8) is 0 Å². The summed E-state index contributed by atoms with van der Waals surface area (Å²) in [6, 6.07) is 6.83. The molecule has 0 saturated carbocycles. The van der Waals surface area contributed by atoms with Crippen LogP contribution in [0.1, 0.15) is 26.7 Å². The molecule has 1 saturated heterocycles. The molecule has 200 valence electrons. The Bertz CT molecular complexity index is 1390. The number of piperazine rings is 1. The maximum Gasteiger partial charge on any atom is 0.434 e. The van der Waals surface area contributed by atoms with Gasteiger partial charge in [-0.1, -0.05) is 11.6 Å². The number of anilines is 1. The molecule has 1 fully saturated rings. The molecular formula is C24H22ClF3N6O4. The third-order valence-corrected chi connectivity index (χ3v) is 6.34. The molecule has 1 aliphatic rings. The minimum atomic E-state index is -4.77. The van der Waals surface area contributed by atoms with Crippen LogP contribution in [0.25, 0.3) is 11.3 Å². The highest BCUT2D eigenvalue weighted by Crippen LogP contribution is 2.37. The van der Waals surface area contributed by atoms with Gasteiger partial charge in [-0.25, -0.2) is 9.97 Å². The number of halogens is 4. The second-order valence-corrected chi connectivity index (χ2v) is 8.76. The van der Waals surface area contributed by atoms with E-state index in [9.17, 15) is 27.6 Å². The molecular weight excluding hydrogens is 529 g/mol. The molecule has 0 bridgehead atoms. The van der Waals surface area contributed by atoms with E-state index >= 15 is 0 Å². The number of benzene rings is 1. The van der Waals surface area contributed by atoms with Gasteiger partial charge in [0.2, 0.25) is 12.3 Å². The number of ether oxygens (including phenoxy) is 1. The first kappa shape index (κ1) is 26.9. The van der Waals surface area contributed by atoms with Crippen LogP contribution in [0.2, 0.25) is 5.02 Å². The van der Waals surface area contributed by atoms with E-state index in [1.54, 1.807) is 9.80 Å². The largest absolute Gasteiger partial charge is 0.481 e. The molecule has 1 N–H and O–H groups in total. The maximum atomic E-state index is 13.6. The summed E-state index contributed by atoms with van der Waals surface area (Å²) >= 11 is 6.32. The van der Waals surface area contributed by atoms with Crippen LogP contribution in [0.4, 0.5) is 18.9 Å². The zero-order valence-electron chi connectivity index (χ0n) is 20.3. The second kappa shape index (κ2) is 10.7. The van der Waals surface area contributed by atoms with Crippen LogP contribution < -0.4 is 10.1 Å². The van der Waals surface area contributed by atoms with Gasteiger partial charge in [0, 0.05) is 50.5 Å². The van der Waals surface area contributed by atoms with E-state index in [0.717, 1.165) is 12.6 Å². The summed E-state index contributed by atoms with van der Waals surface area (Å²) in [6.45, 7) is 1.58. The van der Waals surface area contributed by atoms with Crippen LogP contribution >= 0.6 is 11.6 Å². The fourth-order valence-electron chi connectivity index (χ4n) is 4.00. The summed E-state index contributed by atoms with van der Waals surface area (Å²) in [5, 5.41) is 2.69. The van der Waals surface area contributed by atoms with Crippen molar-refractivity contribution in [1.82, 2.24) is 24.3 Å². The van der Waals surface area contributed by atoms with Crippen molar-refractivity contribution in [3.8, 4) is 17.1 Å². The van der Waals surface area contributed by atoms with E-state index in [1.165, 1.54) is 49.1 Å². The van der Waals surface area contributed by atoms with Gasteiger partial charge in [0.05, 0.1) is 29.6 Å². The molecule has 2 aromatic heterocycles. The normalized spacial score (nSPS) is 13.8. The molecule has 0 atom stereocenters. The summed E-state index contributed by atoms with van der Waals surface area (Å²) in [5.41, 5.74) is -0.936. The molecule has 38 heavy (non-hydrogen) atoms. The number of carbonyl (C=O) groups is 3. The zero-order chi connectivity index (χ0) is 27.6. The number of imidazole rings is 1. The number of methoxy groups -OCH3 is 1. The molecule has 10 nitrogen and oxygen atoms in total. The zero-order valence-corrected chi connectivity index (χ0v) is 21.0. The van der Waals surface area contributed by atoms with Gasteiger partial charge in [-0.2, -0.15) is 13.2 Å². The lowest BCUT2D eigenvalue weighted by Gasteiger charge is -2.32. The minimum Gasteiger partial charge on any atom is -0.481 e. The predicted octanol–water partition coefficient (Wildman–Crippen LogP) is 3.33. The van der Waals surface area contributed by atoms with Gasteiger partial charge in [-0.15, -0.1) is 0 Å². The Hall–Kier alpha value is -4.13. The highest BCUT2D eigenvalue weighted by molar-refractivity contribution is 6.34.